The van der Waals surface area contributed by atoms with Crippen molar-refractivity contribution in [3.8, 4) is 0 Å². The van der Waals surface area contributed by atoms with Crippen molar-refractivity contribution in [1.29, 1.82) is 0 Å². The number of Topliss-reactive ketones (excluding diaryl/α,β-unsaturated/α-hetero) is 2. The van der Waals surface area contributed by atoms with E-state index in [1.807, 2.05) is 25.1 Å². The monoisotopic (exact) mass is 300 g/mol. The average molecular weight is 300 g/mol. The van der Waals surface area contributed by atoms with Crippen molar-refractivity contribution in [1.82, 2.24) is 0 Å². The lowest BCUT2D eigenvalue weighted by Crippen LogP contribution is -2.58. The Morgan fingerprint density at radius 2 is 1.95 bits per heavy atom. The fraction of sp³-hybridized carbons (Fsp3) is 0.579. The summed E-state index contributed by atoms with van der Waals surface area (Å²) in [6, 6.07) is 9.19. The number of hydrogen-bond donors (Lipinski definition) is 1. The zero-order valence-electron chi connectivity index (χ0n) is 13.3. The van der Waals surface area contributed by atoms with Crippen molar-refractivity contribution in [2.24, 2.45) is 17.3 Å². The minimum Gasteiger partial charge on any atom is -0.388 e. The molecule has 0 aromatic heterocycles. The molecule has 1 N–H and O–H groups in total. The number of hydrogen-bond acceptors (Lipinski definition) is 3. The Kier molecular flexibility index (Phi) is 3.72. The Morgan fingerprint density at radius 3 is 2.59 bits per heavy atom. The molecule has 2 aliphatic carbocycles. The van der Waals surface area contributed by atoms with Gasteiger partial charge >= 0.3 is 0 Å². The van der Waals surface area contributed by atoms with Crippen molar-refractivity contribution in [3.05, 3.63) is 35.9 Å². The molecule has 2 saturated carbocycles. The fourth-order valence-corrected chi connectivity index (χ4v) is 4.64. The van der Waals surface area contributed by atoms with Gasteiger partial charge in [0.1, 0.15) is 5.78 Å². The summed E-state index contributed by atoms with van der Waals surface area (Å²) in [5, 5.41) is 11.4. The number of aliphatic hydroxyl groups is 1. The van der Waals surface area contributed by atoms with Crippen LogP contribution in [0, 0.1) is 17.3 Å². The molecule has 0 heterocycles. The van der Waals surface area contributed by atoms with Crippen molar-refractivity contribution in [3.63, 3.8) is 0 Å². The summed E-state index contributed by atoms with van der Waals surface area (Å²) in [7, 11) is 0. The van der Waals surface area contributed by atoms with Gasteiger partial charge in [0, 0.05) is 12.0 Å². The smallest absolute Gasteiger partial charge is 0.169 e. The SMILES string of the molecule is CC[C@H]1CC[C@]2(C)C(=O)CC[C@@]2(O)[C@@H]1C(=O)c1ccccc1. The van der Waals surface area contributed by atoms with E-state index in [1.165, 1.54) is 0 Å². The Morgan fingerprint density at radius 1 is 1.27 bits per heavy atom. The topological polar surface area (TPSA) is 54.4 Å². The summed E-state index contributed by atoms with van der Waals surface area (Å²) in [6.07, 6.45) is 3.20. The van der Waals surface area contributed by atoms with Crippen molar-refractivity contribution in [2.75, 3.05) is 0 Å². The highest BCUT2D eigenvalue weighted by Crippen LogP contribution is 2.58. The third-order valence-corrected chi connectivity index (χ3v) is 6.17. The first-order valence-electron chi connectivity index (χ1n) is 8.29. The van der Waals surface area contributed by atoms with Crippen LogP contribution in [0.25, 0.3) is 0 Å². The molecule has 0 unspecified atom stereocenters. The summed E-state index contributed by atoms with van der Waals surface area (Å²) in [5.41, 5.74) is -1.30. The zero-order valence-corrected chi connectivity index (χ0v) is 13.3. The van der Waals surface area contributed by atoms with Gasteiger partial charge in [0.05, 0.1) is 16.9 Å². The highest BCUT2D eigenvalue weighted by Gasteiger charge is 2.65. The first-order chi connectivity index (χ1) is 10.4. The summed E-state index contributed by atoms with van der Waals surface area (Å²) in [6.45, 7) is 3.93. The van der Waals surface area contributed by atoms with Crippen LogP contribution in [0.15, 0.2) is 30.3 Å². The third-order valence-electron chi connectivity index (χ3n) is 6.17. The maximum Gasteiger partial charge on any atom is 0.169 e. The second-order valence-corrected chi connectivity index (χ2v) is 7.09. The molecule has 0 bridgehead atoms. The van der Waals surface area contributed by atoms with Crippen molar-refractivity contribution in [2.45, 2.75) is 51.6 Å². The highest BCUT2D eigenvalue weighted by atomic mass is 16.3. The Balaban J connectivity index is 2.05. The van der Waals surface area contributed by atoms with E-state index in [2.05, 4.69) is 6.92 Å². The summed E-state index contributed by atoms with van der Waals surface area (Å²) < 4.78 is 0. The number of benzene rings is 1. The van der Waals surface area contributed by atoms with Crippen molar-refractivity contribution < 1.29 is 14.7 Å². The Bertz CT molecular complexity index is 594. The van der Waals surface area contributed by atoms with Crippen LogP contribution >= 0.6 is 0 Å². The Labute approximate surface area is 131 Å². The number of carbonyl (C=O) groups excluding carboxylic acids is 2. The third kappa shape index (κ3) is 1.98. The first kappa shape index (κ1) is 15.4. The van der Waals surface area contributed by atoms with Crippen LogP contribution in [0.3, 0.4) is 0 Å². The van der Waals surface area contributed by atoms with E-state index in [-0.39, 0.29) is 17.5 Å². The lowest BCUT2D eigenvalue weighted by molar-refractivity contribution is -0.154. The van der Waals surface area contributed by atoms with Gasteiger partial charge in [-0.05, 0) is 32.1 Å². The number of fused-ring (bicyclic) bond motifs is 1. The van der Waals surface area contributed by atoms with Crippen molar-refractivity contribution >= 4 is 11.6 Å². The molecule has 3 nitrogen and oxygen atoms in total. The quantitative estimate of drug-likeness (QED) is 0.870. The molecule has 3 heteroatoms. The predicted molar refractivity (Wildman–Crippen MR) is 84.6 cm³/mol. The van der Waals surface area contributed by atoms with Gasteiger partial charge in [0.2, 0.25) is 0 Å². The molecule has 1 aromatic carbocycles. The molecule has 0 aliphatic heterocycles. The van der Waals surface area contributed by atoms with Gasteiger partial charge in [-0.2, -0.15) is 0 Å². The molecule has 2 fully saturated rings. The summed E-state index contributed by atoms with van der Waals surface area (Å²) in [4.78, 5) is 25.5. The number of ketones is 2. The minimum atomic E-state index is -1.18. The summed E-state index contributed by atoms with van der Waals surface area (Å²) >= 11 is 0. The second-order valence-electron chi connectivity index (χ2n) is 7.09. The lowest BCUT2D eigenvalue weighted by atomic mass is 9.55. The molecule has 3 rings (SSSR count). The van der Waals surface area contributed by atoms with E-state index in [4.69, 9.17) is 0 Å². The molecule has 2 aliphatic rings. The van der Waals surface area contributed by atoms with Crippen LogP contribution in [0.2, 0.25) is 0 Å². The normalized spacial score (nSPS) is 37.9. The minimum absolute atomic E-state index is 0.00410. The molecule has 22 heavy (non-hydrogen) atoms. The molecule has 1 aromatic rings. The van der Waals surface area contributed by atoms with Crippen LogP contribution < -0.4 is 0 Å². The molecule has 0 amide bonds. The molecule has 0 spiro atoms. The molecule has 4 atom stereocenters. The van der Waals surface area contributed by atoms with E-state index in [0.29, 0.717) is 24.8 Å². The van der Waals surface area contributed by atoms with Crippen LogP contribution in [-0.2, 0) is 4.79 Å². The lowest BCUT2D eigenvalue weighted by Gasteiger charge is -2.50. The van der Waals surface area contributed by atoms with E-state index in [9.17, 15) is 14.7 Å². The highest BCUT2D eigenvalue weighted by molar-refractivity contribution is 6.00. The molecular weight excluding hydrogens is 276 g/mol. The van der Waals surface area contributed by atoms with E-state index in [1.54, 1.807) is 12.1 Å². The van der Waals surface area contributed by atoms with Gasteiger partial charge in [0.15, 0.2) is 5.78 Å². The van der Waals surface area contributed by atoms with E-state index in [0.717, 1.165) is 12.8 Å². The maximum absolute atomic E-state index is 13.1. The van der Waals surface area contributed by atoms with Gasteiger partial charge in [-0.15, -0.1) is 0 Å². The largest absolute Gasteiger partial charge is 0.388 e. The fourth-order valence-electron chi connectivity index (χ4n) is 4.64. The Hall–Kier alpha value is -1.48. The van der Waals surface area contributed by atoms with Gasteiger partial charge in [-0.1, -0.05) is 43.7 Å². The summed E-state index contributed by atoms with van der Waals surface area (Å²) in [5.74, 6) is -0.201. The predicted octanol–water partition coefficient (Wildman–Crippen LogP) is 3.41. The van der Waals surface area contributed by atoms with Crippen LogP contribution in [0.5, 0.6) is 0 Å². The molecular formula is C19H24O3. The zero-order chi connectivity index (χ0) is 16.0. The van der Waals surface area contributed by atoms with Crippen LogP contribution in [0.4, 0.5) is 0 Å². The van der Waals surface area contributed by atoms with Gasteiger partial charge in [-0.3, -0.25) is 9.59 Å². The number of rotatable bonds is 3. The van der Waals surface area contributed by atoms with Crippen LogP contribution in [-0.4, -0.2) is 22.3 Å². The van der Waals surface area contributed by atoms with Gasteiger partial charge in [-0.25, -0.2) is 0 Å². The molecule has 0 radical (unpaired) electrons. The van der Waals surface area contributed by atoms with E-state index >= 15 is 0 Å². The molecule has 118 valence electrons. The standard InChI is InChI=1S/C19H24O3/c1-3-13-9-11-18(2)15(20)10-12-19(18,22)16(13)17(21)14-7-5-4-6-8-14/h4-8,13,16,22H,3,9-12H2,1-2H3/t13-,16-,18+,19+/m0/s1. The first-order valence-corrected chi connectivity index (χ1v) is 8.29. The molecule has 0 saturated heterocycles. The van der Waals surface area contributed by atoms with Crippen LogP contribution in [0.1, 0.15) is 56.3 Å². The average Bonchev–Trinajstić information content (AvgIpc) is 2.78. The van der Waals surface area contributed by atoms with E-state index < -0.39 is 16.9 Å². The van der Waals surface area contributed by atoms with Gasteiger partial charge in [0.25, 0.3) is 0 Å². The second kappa shape index (κ2) is 5.31. The van der Waals surface area contributed by atoms with Gasteiger partial charge < -0.3 is 5.11 Å². The maximum atomic E-state index is 13.1. The number of carbonyl (C=O) groups is 2.